The number of likely N-dealkylation sites (N-methyl/N-ethyl adjacent to an activating group) is 1. The van der Waals surface area contributed by atoms with Crippen molar-refractivity contribution in [3.8, 4) is 0 Å². The number of piperazine rings is 1. The van der Waals surface area contributed by atoms with Crippen LogP contribution >= 0.6 is 11.6 Å². The minimum atomic E-state index is -0.0296. The molecule has 0 bridgehead atoms. The van der Waals surface area contributed by atoms with E-state index in [0.717, 1.165) is 30.1 Å². The summed E-state index contributed by atoms with van der Waals surface area (Å²) in [6.45, 7) is 2.98. The van der Waals surface area contributed by atoms with Crippen molar-refractivity contribution in [1.29, 1.82) is 0 Å². The molecule has 0 spiro atoms. The summed E-state index contributed by atoms with van der Waals surface area (Å²) in [6, 6.07) is 7.89. The van der Waals surface area contributed by atoms with E-state index in [0.29, 0.717) is 19.5 Å². The average Bonchev–Trinajstić information content (AvgIpc) is 2.49. The molecule has 5 nitrogen and oxygen atoms in total. The second-order valence-corrected chi connectivity index (χ2v) is 6.14. The highest BCUT2D eigenvalue weighted by molar-refractivity contribution is 6.30. The Morgan fingerprint density at radius 3 is 3.00 bits per heavy atom. The van der Waals surface area contributed by atoms with E-state index in [9.17, 15) is 4.79 Å². The van der Waals surface area contributed by atoms with Crippen LogP contribution in [-0.4, -0.2) is 66.8 Å². The fraction of sp³-hybridized carbons (Fsp3) is 0.562. The number of halogens is 1. The van der Waals surface area contributed by atoms with Gasteiger partial charge in [-0.15, -0.1) is 0 Å². The maximum absolute atomic E-state index is 12.2. The smallest absolute Gasteiger partial charge is 0.317 e. The summed E-state index contributed by atoms with van der Waals surface area (Å²) < 4.78 is 0. The number of amides is 2. The van der Waals surface area contributed by atoms with Gasteiger partial charge in [-0.05, 0) is 37.6 Å². The number of rotatable bonds is 5. The number of hydrogen-bond acceptors (Lipinski definition) is 3. The molecule has 0 saturated carbocycles. The van der Waals surface area contributed by atoms with Gasteiger partial charge in [0.2, 0.25) is 0 Å². The van der Waals surface area contributed by atoms with Crippen molar-refractivity contribution >= 4 is 17.6 Å². The molecule has 1 heterocycles. The Hall–Kier alpha value is -1.30. The van der Waals surface area contributed by atoms with Crippen molar-refractivity contribution in [2.75, 3.05) is 39.8 Å². The Kier molecular flexibility index (Phi) is 6.49. The molecule has 0 aliphatic carbocycles. The van der Waals surface area contributed by atoms with Gasteiger partial charge in [-0.25, -0.2) is 4.79 Å². The van der Waals surface area contributed by atoms with E-state index in [2.05, 4.69) is 10.2 Å². The predicted octanol–water partition coefficient (Wildman–Crippen LogP) is 1.59. The van der Waals surface area contributed by atoms with Gasteiger partial charge in [-0.1, -0.05) is 23.7 Å². The number of benzene rings is 1. The minimum Gasteiger partial charge on any atom is -0.396 e. The van der Waals surface area contributed by atoms with Crippen LogP contribution in [0.4, 0.5) is 4.79 Å². The van der Waals surface area contributed by atoms with Crippen LogP contribution in [0.3, 0.4) is 0 Å². The maximum atomic E-state index is 12.2. The quantitative estimate of drug-likeness (QED) is 0.864. The molecule has 0 unspecified atom stereocenters. The predicted molar refractivity (Wildman–Crippen MR) is 88.2 cm³/mol. The van der Waals surface area contributed by atoms with Crippen LogP contribution in [0.25, 0.3) is 0 Å². The number of hydrogen-bond donors (Lipinski definition) is 2. The van der Waals surface area contributed by atoms with E-state index in [1.54, 1.807) is 0 Å². The highest BCUT2D eigenvalue weighted by atomic mass is 35.5. The molecule has 0 aromatic heterocycles. The molecule has 1 fully saturated rings. The van der Waals surface area contributed by atoms with Crippen molar-refractivity contribution in [2.24, 2.45) is 0 Å². The molecule has 1 atom stereocenters. The summed E-state index contributed by atoms with van der Waals surface area (Å²) >= 11 is 5.95. The number of urea groups is 1. The molecule has 2 N–H and O–H groups in total. The van der Waals surface area contributed by atoms with Crippen LogP contribution < -0.4 is 5.32 Å². The largest absolute Gasteiger partial charge is 0.396 e. The summed E-state index contributed by atoms with van der Waals surface area (Å²) in [5, 5.41) is 12.8. The fourth-order valence-electron chi connectivity index (χ4n) is 2.71. The van der Waals surface area contributed by atoms with Crippen LogP contribution in [0.1, 0.15) is 12.0 Å². The second kappa shape index (κ2) is 8.36. The van der Waals surface area contributed by atoms with E-state index >= 15 is 0 Å². The third-order valence-corrected chi connectivity index (χ3v) is 4.34. The first-order chi connectivity index (χ1) is 10.6. The van der Waals surface area contributed by atoms with Crippen LogP contribution in [0, 0.1) is 0 Å². The molecule has 2 amide bonds. The Morgan fingerprint density at radius 1 is 1.45 bits per heavy atom. The van der Waals surface area contributed by atoms with Gasteiger partial charge in [0.1, 0.15) is 0 Å². The van der Waals surface area contributed by atoms with Gasteiger partial charge in [-0.2, -0.15) is 0 Å². The molecule has 1 aliphatic rings. The lowest BCUT2D eigenvalue weighted by atomic mass is 10.1. The zero-order chi connectivity index (χ0) is 15.9. The van der Waals surface area contributed by atoms with Crippen molar-refractivity contribution in [3.63, 3.8) is 0 Å². The number of aliphatic hydroxyl groups is 1. The van der Waals surface area contributed by atoms with Gasteiger partial charge < -0.3 is 15.3 Å². The Morgan fingerprint density at radius 2 is 2.27 bits per heavy atom. The van der Waals surface area contributed by atoms with Crippen molar-refractivity contribution in [3.05, 3.63) is 34.9 Å². The summed E-state index contributed by atoms with van der Waals surface area (Å²) in [5.74, 6) is 0. The molecule has 122 valence electrons. The standard InChI is InChI=1S/C16H24ClN3O2/c1-19-8-9-20(12-15(19)6-10-21)16(22)18-7-5-13-3-2-4-14(17)11-13/h2-4,11,15,21H,5-10,12H2,1H3,(H,18,22)/t15-/m0/s1. The van der Waals surface area contributed by atoms with Crippen molar-refractivity contribution in [2.45, 2.75) is 18.9 Å². The molecular formula is C16H24ClN3O2. The zero-order valence-corrected chi connectivity index (χ0v) is 13.7. The molecule has 22 heavy (non-hydrogen) atoms. The maximum Gasteiger partial charge on any atom is 0.317 e. The van der Waals surface area contributed by atoms with Crippen molar-refractivity contribution in [1.82, 2.24) is 15.1 Å². The third kappa shape index (κ3) is 4.87. The Bertz CT molecular complexity index is 498. The lowest BCUT2D eigenvalue weighted by Crippen LogP contribution is -2.55. The Balaban J connectivity index is 1.77. The number of nitrogens with one attached hydrogen (secondary N) is 1. The van der Waals surface area contributed by atoms with Gasteiger partial charge in [0, 0.05) is 43.9 Å². The summed E-state index contributed by atoms with van der Waals surface area (Å²) in [4.78, 5) is 16.3. The van der Waals surface area contributed by atoms with Crippen LogP contribution in [-0.2, 0) is 6.42 Å². The SMILES string of the molecule is CN1CCN(C(=O)NCCc2cccc(Cl)c2)C[C@@H]1CCO. The molecular weight excluding hydrogens is 302 g/mol. The van der Waals surface area contributed by atoms with Gasteiger partial charge in [0.25, 0.3) is 0 Å². The van der Waals surface area contributed by atoms with Crippen LogP contribution in [0.15, 0.2) is 24.3 Å². The molecule has 6 heteroatoms. The van der Waals surface area contributed by atoms with E-state index < -0.39 is 0 Å². The monoisotopic (exact) mass is 325 g/mol. The second-order valence-electron chi connectivity index (χ2n) is 5.70. The molecule has 1 saturated heterocycles. The number of aliphatic hydroxyl groups excluding tert-OH is 1. The average molecular weight is 326 g/mol. The topological polar surface area (TPSA) is 55.8 Å². The molecule has 1 aromatic carbocycles. The normalized spacial score (nSPS) is 19.2. The minimum absolute atomic E-state index is 0.0296. The highest BCUT2D eigenvalue weighted by Gasteiger charge is 2.26. The van der Waals surface area contributed by atoms with Crippen LogP contribution in [0.2, 0.25) is 5.02 Å². The van der Waals surface area contributed by atoms with Crippen LogP contribution in [0.5, 0.6) is 0 Å². The summed E-state index contributed by atoms with van der Waals surface area (Å²) in [5.41, 5.74) is 1.12. The van der Waals surface area contributed by atoms with Crippen molar-refractivity contribution < 1.29 is 9.90 Å². The van der Waals surface area contributed by atoms with E-state index in [4.69, 9.17) is 16.7 Å². The first kappa shape index (κ1) is 17.1. The van der Waals surface area contributed by atoms with Gasteiger partial charge >= 0.3 is 6.03 Å². The van der Waals surface area contributed by atoms with Gasteiger partial charge in [0.05, 0.1) is 0 Å². The molecule has 2 rings (SSSR count). The van der Waals surface area contributed by atoms with E-state index in [-0.39, 0.29) is 18.7 Å². The van der Waals surface area contributed by atoms with E-state index in [1.165, 1.54) is 0 Å². The van der Waals surface area contributed by atoms with Gasteiger partial charge in [-0.3, -0.25) is 4.90 Å². The third-order valence-electron chi connectivity index (χ3n) is 4.11. The van der Waals surface area contributed by atoms with E-state index in [1.807, 2.05) is 36.2 Å². The number of carbonyl (C=O) groups excluding carboxylic acids is 1. The summed E-state index contributed by atoms with van der Waals surface area (Å²) in [6.07, 6.45) is 1.46. The molecule has 1 aromatic rings. The number of carbonyl (C=O) groups is 1. The highest BCUT2D eigenvalue weighted by Crippen LogP contribution is 2.12. The lowest BCUT2D eigenvalue weighted by molar-refractivity contribution is 0.0928. The van der Waals surface area contributed by atoms with Gasteiger partial charge in [0.15, 0.2) is 0 Å². The summed E-state index contributed by atoms with van der Waals surface area (Å²) in [7, 11) is 2.04. The molecule has 1 aliphatic heterocycles. The zero-order valence-electron chi connectivity index (χ0n) is 13.0. The number of nitrogens with zero attached hydrogens (tertiary/aromatic N) is 2. The first-order valence-electron chi connectivity index (χ1n) is 7.68. The fourth-order valence-corrected chi connectivity index (χ4v) is 2.92. The lowest BCUT2D eigenvalue weighted by Gasteiger charge is -2.39. The molecule has 0 radical (unpaired) electrons. The first-order valence-corrected chi connectivity index (χ1v) is 8.06. The Labute approximate surface area is 136 Å².